The van der Waals surface area contributed by atoms with Crippen molar-refractivity contribution < 1.29 is 17.9 Å². The van der Waals surface area contributed by atoms with E-state index in [1.807, 2.05) is 19.9 Å². The first-order valence-corrected chi connectivity index (χ1v) is 10.0. The van der Waals surface area contributed by atoms with Crippen LogP contribution in [0, 0.1) is 13.8 Å². The summed E-state index contributed by atoms with van der Waals surface area (Å²) in [5.74, 6) is 0.196. The first kappa shape index (κ1) is 17.4. The van der Waals surface area contributed by atoms with Gasteiger partial charge in [0.1, 0.15) is 0 Å². The fraction of sp³-hybridized carbons (Fsp3) is 0.667. The molecule has 1 amide bonds. The minimum atomic E-state index is -3.01. The third-order valence-electron chi connectivity index (χ3n) is 3.93. The highest BCUT2D eigenvalue weighted by Crippen LogP contribution is 2.25. The Kier molecular flexibility index (Phi) is 5.63. The number of carbonyl (C=O) groups is 1. The average Bonchev–Trinajstić information content (AvgIpc) is 2.96. The summed E-state index contributed by atoms with van der Waals surface area (Å²) in [6.45, 7) is 5.00. The molecule has 0 saturated carbocycles. The molecule has 0 radical (unpaired) electrons. The van der Waals surface area contributed by atoms with Crippen LogP contribution < -0.4 is 0 Å². The molecule has 7 heteroatoms. The Bertz CT molecular complexity index is 636. The quantitative estimate of drug-likeness (QED) is 0.740. The maximum atomic E-state index is 12.9. The summed E-state index contributed by atoms with van der Waals surface area (Å²) in [6.07, 6.45) is 1.24. The second-order valence-corrected chi connectivity index (χ2v) is 9.42. The second-order valence-electron chi connectivity index (χ2n) is 5.73. The third-order valence-corrected chi connectivity index (χ3v) is 6.65. The lowest BCUT2D eigenvalue weighted by atomic mass is 10.1. The first-order valence-electron chi connectivity index (χ1n) is 7.41. The molecule has 0 aromatic carbocycles. The summed E-state index contributed by atoms with van der Waals surface area (Å²) < 4.78 is 28.5. The monoisotopic (exact) mass is 345 g/mol. The van der Waals surface area contributed by atoms with Crippen LogP contribution in [0.25, 0.3) is 0 Å². The predicted molar refractivity (Wildman–Crippen MR) is 88.4 cm³/mol. The Morgan fingerprint density at radius 2 is 2.18 bits per heavy atom. The molecule has 1 aliphatic rings. The van der Waals surface area contributed by atoms with E-state index in [0.29, 0.717) is 31.6 Å². The molecule has 1 atom stereocenters. The highest BCUT2D eigenvalue weighted by Gasteiger charge is 2.35. The molecule has 124 valence electrons. The van der Waals surface area contributed by atoms with Crippen LogP contribution in [0.15, 0.2) is 6.07 Å². The van der Waals surface area contributed by atoms with E-state index in [4.69, 9.17) is 4.74 Å². The van der Waals surface area contributed by atoms with Gasteiger partial charge in [-0.25, -0.2) is 8.42 Å². The Hall–Kier alpha value is -0.920. The number of rotatable bonds is 6. The van der Waals surface area contributed by atoms with E-state index in [9.17, 15) is 13.2 Å². The number of amides is 1. The van der Waals surface area contributed by atoms with Crippen LogP contribution in [0.3, 0.4) is 0 Å². The predicted octanol–water partition coefficient (Wildman–Crippen LogP) is 2.03. The molecular formula is C15H23NO4S2. The molecule has 5 nitrogen and oxygen atoms in total. The van der Waals surface area contributed by atoms with Gasteiger partial charge in [0.25, 0.3) is 5.91 Å². The lowest BCUT2D eigenvalue weighted by molar-refractivity contribution is 0.0674. The van der Waals surface area contributed by atoms with E-state index in [-0.39, 0.29) is 23.5 Å². The zero-order valence-electron chi connectivity index (χ0n) is 13.3. The van der Waals surface area contributed by atoms with Gasteiger partial charge in [-0.2, -0.15) is 0 Å². The van der Waals surface area contributed by atoms with Crippen LogP contribution in [-0.4, -0.2) is 57.0 Å². The zero-order chi connectivity index (χ0) is 16.3. The largest absolute Gasteiger partial charge is 0.385 e. The molecule has 0 bridgehead atoms. The number of sulfone groups is 1. The number of thiophene rings is 1. The van der Waals surface area contributed by atoms with E-state index in [1.165, 1.54) is 0 Å². The lowest BCUT2D eigenvalue weighted by Gasteiger charge is -2.28. The summed E-state index contributed by atoms with van der Waals surface area (Å²) in [5.41, 5.74) is 0.698. The van der Waals surface area contributed by atoms with Gasteiger partial charge < -0.3 is 9.64 Å². The van der Waals surface area contributed by atoms with Gasteiger partial charge in [-0.15, -0.1) is 11.3 Å². The van der Waals surface area contributed by atoms with Crippen molar-refractivity contribution in [3.8, 4) is 0 Å². The van der Waals surface area contributed by atoms with E-state index < -0.39 is 9.84 Å². The number of hydrogen-bond donors (Lipinski definition) is 0. The third kappa shape index (κ3) is 4.08. The Labute approximate surface area is 136 Å². The van der Waals surface area contributed by atoms with Crippen LogP contribution in [0.2, 0.25) is 0 Å². The maximum absolute atomic E-state index is 12.9. The van der Waals surface area contributed by atoms with Crippen LogP contribution >= 0.6 is 11.3 Å². The standard InChI is InChI=1S/C15H23NO4S2/c1-11-9-14(12(2)21-11)15(17)16(6-4-7-20-3)13-5-8-22(18,19)10-13/h9,13H,4-8,10H2,1-3H3. The van der Waals surface area contributed by atoms with Crippen molar-refractivity contribution in [3.05, 3.63) is 21.4 Å². The molecule has 1 unspecified atom stereocenters. The normalized spacial score (nSPS) is 20.2. The lowest BCUT2D eigenvalue weighted by Crippen LogP contribution is -2.42. The molecule has 22 heavy (non-hydrogen) atoms. The van der Waals surface area contributed by atoms with Crippen LogP contribution in [0.5, 0.6) is 0 Å². The zero-order valence-corrected chi connectivity index (χ0v) is 14.9. The number of hydrogen-bond acceptors (Lipinski definition) is 5. The fourth-order valence-corrected chi connectivity index (χ4v) is 5.49. The Morgan fingerprint density at radius 1 is 1.45 bits per heavy atom. The number of ether oxygens (including phenoxy) is 1. The number of nitrogens with zero attached hydrogens (tertiary/aromatic N) is 1. The van der Waals surface area contributed by atoms with Crippen molar-refractivity contribution in [2.24, 2.45) is 0 Å². The molecule has 1 fully saturated rings. The van der Waals surface area contributed by atoms with Gasteiger partial charge in [-0.05, 0) is 32.8 Å². The molecule has 0 spiro atoms. The summed E-state index contributed by atoms with van der Waals surface area (Å²) in [4.78, 5) is 16.7. The van der Waals surface area contributed by atoms with E-state index in [2.05, 4.69) is 0 Å². The van der Waals surface area contributed by atoms with E-state index in [1.54, 1.807) is 23.3 Å². The van der Waals surface area contributed by atoms with Crippen LogP contribution in [-0.2, 0) is 14.6 Å². The molecule has 1 aromatic rings. The summed E-state index contributed by atoms with van der Waals surface area (Å²) in [7, 11) is -1.39. The maximum Gasteiger partial charge on any atom is 0.255 e. The SMILES string of the molecule is COCCCN(C(=O)c1cc(C)sc1C)C1CCS(=O)(=O)C1. The van der Waals surface area contributed by atoms with Gasteiger partial charge in [-0.1, -0.05) is 0 Å². The molecular weight excluding hydrogens is 322 g/mol. The van der Waals surface area contributed by atoms with E-state index in [0.717, 1.165) is 9.75 Å². The van der Waals surface area contributed by atoms with Gasteiger partial charge in [0.15, 0.2) is 9.84 Å². The van der Waals surface area contributed by atoms with Crippen molar-refractivity contribution in [1.29, 1.82) is 0 Å². The van der Waals surface area contributed by atoms with Crippen molar-refractivity contribution >= 4 is 27.1 Å². The number of methoxy groups -OCH3 is 1. The van der Waals surface area contributed by atoms with Crippen molar-refractivity contribution in [1.82, 2.24) is 4.90 Å². The van der Waals surface area contributed by atoms with Gasteiger partial charge in [-0.3, -0.25) is 4.79 Å². The molecule has 0 N–H and O–H groups in total. The van der Waals surface area contributed by atoms with Crippen LogP contribution in [0.1, 0.15) is 33.0 Å². The van der Waals surface area contributed by atoms with E-state index >= 15 is 0 Å². The van der Waals surface area contributed by atoms with Gasteiger partial charge in [0.05, 0.1) is 17.1 Å². The van der Waals surface area contributed by atoms with Gasteiger partial charge in [0.2, 0.25) is 0 Å². The fourth-order valence-electron chi connectivity index (χ4n) is 2.85. The first-order chi connectivity index (χ1) is 10.3. The molecule has 1 aromatic heterocycles. The Morgan fingerprint density at radius 3 is 2.68 bits per heavy atom. The molecule has 1 aliphatic heterocycles. The average molecular weight is 345 g/mol. The minimum Gasteiger partial charge on any atom is -0.385 e. The summed E-state index contributed by atoms with van der Waals surface area (Å²) in [5, 5.41) is 0. The van der Waals surface area contributed by atoms with Crippen molar-refractivity contribution in [3.63, 3.8) is 0 Å². The van der Waals surface area contributed by atoms with Crippen molar-refractivity contribution in [2.45, 2.75) is 32.7 Å². The number of aryl methyl sites for hydroxylation is 2. The van der Waals surface area contributed by atoms with Crippen LogP contribution in [0.4, 0.5) is 0 Å². The highest BCUT2D eigenvalue weighted by atomic mass is 32.2. The minimum absolute atomic E-state index is 0.0555. The number of carbonyl (C=O) groups excluding carboxylic acids is 1. The Balaban J connectivity index is 2.20. The highest BCUT2D eigenvalue weighted by molar-refractivity contribution is 7.91. The smallest absolute Gasteiger partial charge is 0.255 e. The summed E-state index contributed by atoms with van der Waals surface area (Å²) >= 11 is 1.60. The topological polar surface area (TPSA) is 63.7 Å². The second kappa shape index (κ2) is 7.10. The summed E-state index contributed by atoms with van der Waals surface area (Å²) in [6, 6.07) is 1.68. The van der Waals surface area contributed by atoms with Crippen molar-refractivity contribution in [2.75, 3.05) is 31.8 Å². The molecule has 1 saturated heterocycles. The molecule has 0 aliphatic carbocycles. The molecule has 2 rings (SSSR count). The van der Waals surface area contributed by atoms with Gasteiger partial charge >= 0.3 is 0 Å². The van der Waals surface area contributed by atoms with Gasteiger partial charge in [0, 0.05) is 36.1 Å². The molecule has 2 heterocycles.